The molecule has 0 aromatic heterocycles. The highest BCUT2D eigenvalue weighted by molar-refractivity contribution is 5.49. The highest BCUT2D eigenvalue weighted by Gasteiger charge is 2.21. The summed E-state index contributed by atoms with van der Waals surface area (Å²) in [6, 6.07) is 15.8. The fraction of sp³-hybridized carbons (Fsp3) is 0.368. The molecule has 2 aromatic rings. The first-order valence-electron chi connectivity index (χ1n) is 8.27. The average molecular weight is 313 g/mol. The molecule has 0 spiro atoms. The summed E-state index contributed by atoms with van der Waals surface area (Å²) < 4.78 is 13.2. The molecule has 3 nitrogen and oxygen atoms in total. The van der Waals surface area contributed by atoms with Crippen molar-refractivity contribution >= 4 is 5.69 Å². The van der Waals surface area contributed by atoms with Crippen LogP contribution in [0.15, 0.2) is 48.5 Å². The lowest BCUT2D eigenvalue weighted by Crippen LogP contribution is -2.43. The summed E-state index contributed by atoms with van der Waals surface area (Å²) in [5, 5.41) is 3.42. The molecule has 1 heterocycles. The van der Waals surface area contributed by atoms with E-state index in [-0.39, 0.29) is 5.82 Å². The first-order chi connectivity index (χ1) is 11.3. The Morgan fingerprint density at radius 2 is 1.57 bits per heavy atom. The maximum Gasteiger partial charge on any atom is 0.123 e. The van der Waals surface area contributed by atoms with E-state index in [1.807, 2.05) is 12.1 Å². The normalized spacial score (nSPS) is 15.6. The maximum atomic E-state index is 13.2. The van der Waals surface area contributed by atoms with Crippen molar-refractivity contribution in [3.05, 3.63) is 65.5 Å². The SMILES string of the molecule is NCc1ccc(N(Cc2ccc(F)cc2)C2CCNCC2)cc1. The van der Waals surface area contributed by atoms with Gasteiger partial charge in [-0.15, -0.1) is 0 Å². The second-order valence-corrected chi connectivity index (χ2v) is 6.11. The molecule has 3 rings (SSSR count). The van der Waals surface area contributed by atoms with Crippen molar-refractivity contribution in [1.29, 1.82) is 0 Å². The number of benzene rings is 2. The van der Waals surface area contributed by atoms with Gasteiger partial charge in [0.05, 0.1) is 0 Å². The van der Waals surface area contributed by atoms with E-state index in [1.165, 1.54) is 17.8 Å². The zero-order chi connectivity index (χ0) is 16.1. The molecule has 0 saturated carbocycles. The Morgan fingerprint density at radius 1 is 0.957 bits per heavy atom. The molecule has 0 unspecified atom stereocenters. The summed E-state index contributed by atoms with van der Waals surface area (Å²) >= 11 is 0. The number of nitrogens with one attached hydrogen (secondary N) is 1. The van der Waals surface area contributed by atoms with Gasteiger partial charge in [-0.3, -0.25) is 0 Å². The van der Waals surface area contributed by atoms with E-state index < -0.39 is 0 Å². The third kappa shape index (κ3) is 4.09. The van der Waals surface area contributed by atoms with Crippen molar-refractivity contribution in [1.82, 2.24) is 5.32 Å². The molecule has 2 aromatic carbocycles. The zero-order valence-corrected chi connectivity index (χ0v) is 13.3. The van der Waals surface area contributed by atoms with E-state index in [1.54, 1.807) is 0 Å². The Labute approximate surface area is 137 Å². The van der Waals surface area contributed by atoms with Gasteiger partial charge in [0.1, 0.15) is 5.82 Å². The fourth-order valence-corrected chi connectivity index (χ4v) is 3.16. The number of halogens is 1. The molecule has 1 saturated heterocycles. The molecule has 0 radical (unpaired) electrons. The van der Waals surface area contributed by atoms with Crippen LogP contribution in [0.5, 0.6) is 0 Å². The average Bonchev–Trinajstić information content (AvgIpc) is 2.62. The van der Waals surface area contributed by atoms with E-state index >= 15 is 0 Å². The largest absolute Gasteiger partial charge is 0.364 e. The third-order valence-corrected chi connectivity index (χ3v) is 4.52. The second-order valence-electron chi connectivity index (χ2n) is 6.11. The number of hydrogen-bond acceptors (Lipinski definition) is 3. The summed E-state index contributed by atoms with van der Waals surface area (Å²) in [6.45, 7) is 3.45. The van der Waals surface area contributed by atoms with E-state index in [9.17, 15) is 4.39 Å². The minimum Gasteiger partial charge on any atom is -0.364 e. The van der Waals surface area contributed by atoms with Gasteiger partial charge in [-0.05, 0) is 61.3 Å². The number of nitrogens with zero attached hydrogens (tertiary/aromatic N) is 1. The standard InChI is InChI=1S/C19H24FN3/c20-17-5-1-16(2-6-17)14-23(19-9-11-22-12-10-19)18-7-3-15(13-21)4-8-18/h1-8,19,22H,9-14,21H2. The summed E-state index contributed by atoms with van der Waals surface area (Å²) in [4.78, 5) is 2.44. The highest BCUT2D eigenvalue weighted by atomic mass is 19.1. The first kappa shape index (κ1) is 16.0. The van der Waals surface area contributed by atoms with Crippen molar-refractivity contribution < 1.29 is 4.39 Å². The Morgan fingerprint density at radius 3 is 2.17 bits per heavy atom. The van der Waals surface area contributed by atoms with Gasteiger partial charge in [-0.2, -0.15) is 0 Å². The lowest BCUT2D eigenvalue weighted by molar-refractivity contribution is 0.428. The van der Waals surface area contributed by atoms with Crippen LogP contribution in [-0.4, -0.2) is 19.1 Å². The van der Waals surface area contributed by atoms with Crippen LogP contribution in [0.2, 0.25) is 0 Å². The topological polar surface area (TPSA) is 41.3 Å². The van der Waals surface area contributed by atoms with E-state index in [0.717, 1.165) is 43.6 Å². The molecule has 0 amide bonds. The molecule has 1 aliphatic heterocycles. The predicted molar refractivity (Wildman–Crippen MR) is 92.8 cm³/mol. The van der Waals surface area contributed by atoms with Crippen LogP contribution in [0, 0.1) is 5.82 Å². The van der Waals surface area contributed by atoms with Gasteiger partial charge >= 0.3 is 0 Å². The van der Waals surface area contributed by atoms with Gasteiger partial charge in [0.2, 0.25) is 0 Å². The van der Waals surface area contributed by atoms with Gasteiger partial charge < -0.3 is 16.0 Å². The Balaban J connectivity index is 1.83. The van der Waals surface area contributed by atoms with Crippen LogP contribution in [0.3, 0.4) is 0 Å². The summed E-state index contributed by atoms with van der Waals surface area (Å²) in [6.07, 6.45) is 2.25. The molecular formula is C19H24FN3. The van der Waals surface area contributed by atoms with Gasteiger partial charge in [0, 0.05) is 24.8 Å². The van der Waals surface area contributed by atoms with Crippen molar-refractivity contribution in [2.45, 2.75) is 32.0 Å². The monoisotopic (exact) mass is 313 g/mol. The highest BCUT2D eigenvalue weighted by Crippen LogP contribution is 2.25. The lowest BCUT2D eigenvalue weighted by Gasteiger charge is -2.36. The zero-order valence-electron chi connectivity index (χ0n) is 13.3. The minimum absolute atomic E-state index is 0.186. The summed E-state index contributed by atoms with van der Waals surface area (Å²) in [5.74, 6) is -0.186. The molecule has 0 aliphatic carbocycles. The number of anilines is 1. The van der Waals surface area contributed by atoms with Crippen LogP contribution in [0.4, 0.5) is 10.1 Å². The molecule has 0 bridgehead atoms. The van der Waals surface area contributed by atoms with Crippen molar-refractivity contribution in [2.24, 2.45) is 5.73 Å². The quantitative estimate of drug-likeness (QED) is 0.891. The molecule has 0 atom stereocenters. The summed E-state index contributed by atoms with van der Waals surface area (Å²) in [5.41, 5.74) is 9.18. The van der Waals surface area contributed by atoms with Crippen LogP contribution >= 0.6 is 0 Å². The van der Waals surface area contributed by atoms with Crippen molar-refractivity contribution in [3.63, 3.8) is 0 Å². The Bertz CT molecular complexity index is 604. The number of piperidine rings is 1. The van der Waals surface area contributed by atoms with E-state index in [2.05, 4.69) is 34.5 Å². The van der Waals surface area contributed by atoms with Gasteiger partial charge in [-0.1, -0.05) is 24.3 Å². The van der Waals surface area contributed by atoms with Gasteiger partial charge in [-0.25, -0.2) is 4.39 Å². The number of nitrogens with two attached hydrogens (primary N) is 1. The Kier molecular flexibility index (Phi) is 5.26. The molecule has 122 valence electrons. The fourth-order valence-electron chi connectivity index (χ4n) is 3.16. The van der Waals surface area contributed by atoms with Gasteiger partial charge in [0.15, 0.2) is 0 Å². The molecule has 1 aliphatic rings. The van der Waals surface area contributed by atoms with Crippen LogP contribution < -0.4 is 16.0 Å². The Hall–Kier alpha value is -1.91. The molecule has 3 N–H and O–H groups in total. The molecular weight excluding hydrogens is 289 g/mol. The number of rotatable bonds is 5. The second kappa shape index (κ2) is 7.57. The van der Waals surface area contributed by atoms with Crippen LogP contribution in [0.1, 0.15) is 24.0 Å². The van der Waals surface area contributed by atoms with Crippen molar-refractivity contribution in [3.8, 4) is 0 Å². The van der Waals surface area contributed by atoms with Crippen LogP contribution in [0.25, 0.3) is 0 Å². The van der Waals surface area contributed by atoms with Crippen LogP contribution in [-0.2, 0) is 13.1 Å². The molecule has 1 fully saturated rings. The minimum atomic E-state index is -0.186. The molecule has 4 heteroatoms. The number of hydrogen-bond donors (Lipinski definition) is 2. The molecule has 23 heavy (non-hydrogen) atoms. The third-order valence-electron chi connectivity index (χ3n) is 4.52. The maximum absolute atomic E-state index is 13.2. The smallest absolute Gasteiger partial charge is 0.123 e. The first-order valence-corrected chi connectivity index (χ1v) is 8.27. The van der Waals surface area contributed by atoms with Gasteiger partial charge in [0.25, 0.3) is 0 Å². The summed E-state index contributed by atoms with van der Waals surface area (Å²) in [7, 11) is 0. The van der Waals surface area contributed by atoms with Crippen molar-refractivity contribution in [2.75, 3.05) is 18.0 Å². The van der Waals surface area contributed by atoms with E-state index in [0.29, 0.717) is 12.6 Å². The lowest BCUT2D eigenvalue weighted by atomic mass is 10.0. The van der Waals surface area contributed by atoms with E-state index in [4.69, 9.17) is 5.73 Å². The predicted octanol–water partition coefficient (Wildman–Crippen LogP) is 3.04.